The first-order chi connectivity index (χ1) is 47.8. The Bertz CT molecular complexity index is 3180. The number of aryl methyl sites for hydroxylation is 1. The highest BCUT2D eigenvalue weighted by Gasteiger charge is 2.53. The Kier molecular flexibility index (Phi) is 27.5. The lowest BCUT2D eigenvalue weighted by Gasteiger charge is -2.44. The van der Waals surface area contributed by atoms with Gasteiger partial charge in [0, 0.05) is 55.9 Å². The lowest BCUT2D eigenvalue weighted by Crippen LogP contribution is -2.65. The second kappa shape index (κ2) is 34.9. The van der Waals surface area contributed by atoms with Gasteiger partial charge >= 0.3 is 6.18 Å². The summed E-state index contributed by atoms with van der Waals surface area (Å²) in [5, 5.41) is 8.14. The number of hydrogen-bond acceptors (Lipinski definition) is 13. The Hall–Kier alpha value is -7.10. The molecule has 2 unspecified atom stereocenters. The Labute approximate surface area is 597 Å². The van der Waals surface area contributed by atoms with Gasteiger partial charge in [-0.2, -0.15) is 13.2 Å². The van der Waals surface area contributed by atoms with Gasteiger partial charge in [0.25, 0.3) is 0 Å². The SMILES string of the molecule is CC[C@H](C)[C@@H]1NC(=O)[C@H](CC)N(C)C(=O)C[C@@H](C(=O)N2C3CCC2COC3)N(C)C(=O)[C@H](C2CCCCC2)N(C)C(=O)C2(CCCC2)NC(=O)[C@@H]2CCCN2C(=O)[C@H](CCc2ccc(C(F)(F)F)c(Cl)c2)NC(=O)CN(C)C(=O)[C@H](CC2CCCCC2)N(C)C(=O)CN(C)C(=O)CN(C)C1=O. The van der Waals surface area contributed by atoms with Crippen LogP contribution in [0.4, 0.5) is 13.2 Å². The fourth-order valence-corrected chi connectivity index (χ4v) is 16.7. The minimum absolute atomic E-state index is 0.0183. The predicted molar refractivity (Wildman–Crippen MR) is 368 cm³/mol. The largest absolute Gasteiger partial charge is 0.417 e. The number of halogens is 4. The van der Waals surface area contributed by atoms with Crippen molar-refractivity contribution in [2.75, 3.05) is 88.7 Å². The number of morpholine rings is 1. The third-order valence-electron chi connectivity index (χ3n) is 22.9. The van der Waals surface area contributed by atoms with Crippen molar-refractivity contribution in [1.82, 2.24) is 60.0 Å². The van der Waals surface area contributed by atoms with E-state index in [1.54, 1.807) is 18.7 Å². The molecule has 4 saturated heterocycles. The summed E-state index contributed by atoms with van der Waals surface area (Å²) in [4.78, 5) is 191. The van der Waals surface area contributed by atoms with Crippen molar-refractivity contribution in [2.24, 2.45) is 17.8 Å². The van der Waals surface area contributed by atoms with Gasteiger partial charge < -0.3 is 64.8 Å². The van der Waals surface area contributed by atoms with Crippen molar-refractivity contribution in [2.45, 2.75) is 241 Å². The lowest BCUT2D eigenvalue weighted by molar-refractivity contribution is -0.159. The van der Waals surface area contributed by atoms with Gasteiger partial charge in [-0.1, -0.05) is 109 Å². The number of benzene rings is 1. The molecule has 8 rings (SSSR count). The third kappa shape index (κ3) is 18.8. The fourth-order valence-electron chi connectivity index (χ4n) is 16.4. The number of nitrogens with zero attached hydrogens (tertiary/aromatic N) is 9. The standard InChI is InChI=1S/C72H108ClF3N12O13/c1-11-44(3)61-68(98)82(6)40-59(91)80(4)41-60(92)84(8)55(37-45-22-15-13-16-23-45)66(96)81(5)39-57(89)77-52(32-28-46-27-31-50(51(73)36-46)72(74,75)76)65(95)87-35-21-26-54(87)64(94)79-71(33-19-20-34-71)70(100)86(10)62(47-24-17-14-18-25-47)69(99)85(9)56(38-58(90)83(7)53(12-2)63(93)78-61)67(97)88-48-29-30-49(88)43-101-42-48/h27,31,36,44-45,47-49,52-56,61-62H,11-26,28-30,32-35,37-43H2,1-10H3,(H,77,89)(H,78,93)(H,79,94)/t44-,48?,49?,52-,53-,54-,55-,56-,61-,62-/m0/s1. The van der Waals surface area contributed by atoms with Crippen LogP contribution >= 0.6 is 11.6 Å². The molecule has 101 heavy (non-hydrogen) atoms. The van der Waals surface area contributed by atoms with Gasteiger partial charge in [0.1, 0.15) is 47.8 Å². The van der Waals surface area contributed by atoms with Crippen LogP contribution in [0.15, 0.2) is 18.2 Å². The summed E-state index contributed by atoms with van der Waals surface area (Å²) in [6.45, 7) is 4.12. The Morgan fingerprint density at radius 2 is 1.25 bits per heavy atom. The maximum Gasteiger partial charge on any atom is 0.417 e. The second-order valence-corrected chi connectivity index (χ2v) is 30.1. The summed E-state index contributed by atoms with van der Waals surface area (Å²) in [7, 11) is 9.96. The molecule has 4 heterocycles. The molecule has 7 fully saturated rings. The van der Waals surface area contributed by atoms with Crippen LogP contribution < -0.4 is 16.0 Å². The zero-order valence-electron chi connectivity index (χ0n) is 60.7. The Morgan fingerprint density at radius 3 is 1.85 bits per heavy atom. The molecule has 29 heteroatoms. The maximum absolute atomic E-state index is 15.9. The van der Waals surface area contributed by atoms with E-state index in [0.29, 0.717) is 56.9 Å². The molecule has 4 aliphatic heterocycles. The van der Waals surface area contributed by atoms with E-state index in [2.05, 4.69) is 16.0 Å². The summed E-state index contributed by atoms with van der Waals surface area (Å²) >= 11 is 6.16. The van der Waals surface area contributed by atoms with Crippen LogP contribution in [-0.4, -0.2) is 264 Å². The quantitative estimate of drug-likeness (QED) is 0.273. The first-order valence-electron chi connectivity index (χ1n) is 36.6. The third-order valence-corrected chi connectivity index (χ3v) is 23.2. The predicted octanol–water partition coefficient (Wildman–Crippen LogP) is 5.16. The van der Waals surface area contributed by atoms with Crippen LogP contribution in [0.2, 0.25) is 5.02 Å². The smallest absolute Gasteiger partial charge is 0.377 e. The van der Waals surface area contributed by atoms with Crippen LogP contribution in [0, 0.1) is 17.8 Å². The highest BCUT2D eigenvalue weighted by atomic mass is 35.5. The Balaban J connectivity index is 1.17. The van der Waals surface area contributed by atoms with E-state index in [0.717, 1.165) is 78.2 Å². The van der Waals surface area contributed by atoms with Gasteiger partial charge in [0.15, 0.2) is 0 Å². The average molecular weight is 1440 g/mol. The molecule has 1 aromatic carbocycles. The normalized spacial score (nSPS) is 28.6. The molecular formula is C72H108ClF3N12O13. The molecule has 2 bridgehead atoms. The maximum atomic E-state index is 15.9. The van der Waals surface area contributed by atoms with Crippen molar-refractivity contribution < 1.29 is 75.4 Å². The van der Waals surface area contributed by atoms with Crippen LogP contribution in [-0.2, 0) is 74.9 Å². The zero-order valence-corrected chi connectivity index (χ0v) is 61.5. The highest BCUT2D eigenvalue weighted by molar-refractivity contribution is 6.31. The summed E-state index contributed by atoms with van der Waals surface area (Å²) in [6, 6.07) is -6.29. The van der Waals surface area contributed by atoms with Crippen molar-refractivity contribution >= 4 is 82.5 Å². The molecule has 3 aliphatic carbocycles. The molecule has 1 spiro atoms. The number of alkyl halides is 3. The summed E-state index contributed by atoms with van der Waals surface area (Å²) in [5.74, 6) is -8.65. The number of likely N-dealkylation sites (N-methyl/N-ethyl adjacent to an activating group) is 7. The molecular weight excluding hydrogens is 1330 g/mol. The molecule has 10 atom stereocenters. The number of carbonyl (C=O) groups excluding carboxylic acids is 12. The monoisotopic (exact) mass is 1440 g/mol. The number of fused-ring (bicyclic) bond motifs is 3. The van der Waals surface area contributed by atoms with Gasteiger partial charge in [0.2, 0.25) is 70.9 Å². The van der Waals surface area contributed by atoms with E-state index < -0.39 is 173 Å². The van der Waals surface area contributed by atoms with Crippen LogP contribution in [0.3, 0.4) is 0 Å². The van der Waals surface area contributed by atoms with Crippen molar-refractivity contribution in [3.63, 3.8) is 0 Å². The topological polar surface area (TPSA) is 279 Å². The highest BCUT2D eigenvalue weighted by Crippen LogP contribution is 2.39. The van der Waals surface area contributed by atoms with Gasteiger partial charge in [-0.25, -0.2) is 0 Å². The van der Waals surface area contributed by atoms with E-state index in [9.17, 15) is 41.9 Å². The molecule has 3 saturated carbocycles. The van der Waals surface area contributed by atoms with E-state index in [1.807, 2.05) is 6.92 Å². The Morgan fingerprint density at radius 1 is 0.644 bits per heavy atom. The van der Waals surface area contributed by atoms with Gasteiger partial charge in [-0.3, -0.25) is 57.5 Å². The number of carbonyl (C=O) groups is 12. The molecule has 7 aliphatic rings. The van der Waals surface area contributed by atoms with Gasteiger partial charge in [-0.05, 0) is 112 Å². The fraction of sp³-hybridized carbons (Fsp3) is 0.750. The number of hydrogen-bond donors (Lipinski definition) is 3. The van der Waals surface area contributed by atoms with Crippen LogP contribution in [0.5, 0.6) is 0 Å². The van der Waals surface area contributed by atoms with Gasteiger partial charge in [-0.15, -0.1) is 0 Å². The molecule has 1 aromatic rings. The van der Waals surface area contributed by atoms with Gasteiger partial charge in [0.05, 0.1) is 61.9 Å². The van der Waals surface area contributed by atoms with E-state index in [1.165, 1.54) is 79.9 Å². The molecule has 562 valence electrons. The summed E-state index contributed by atoms with van der Waals surface area (Å²) in [6.07, 6.45) is 5.92. The van der Waals surface area contributed by atoms with Crippen LogP contribution in [0.25, 0.3) is 0 Å². The minimum atomic E-state index is -4.76. The summed E-state index contributed by atoms with van der Waals surface area (Å²) < 4.78 is 47.5. The number of nitrogens with one attached hydrogen (secondary N) is 3. The second-order valence-electron chi connectivity index (χ2n) is 29.7. The number of amides is 12. The van der Waals surface area contributed by atoms with Crippen LogP contribution in [0.1, 0.15) is 180 Å². The van der Waals surface area contributed by atoms with Crippen molar-refractivity contribution in [3.05, 3.63) is 34.3 Å². The molecule has 0 radical (unpaired) electrons. The van der Waals surface area contributed by atoms with Crippen molar-refractivity contribution in [1.29, 1.82) is 0 Å². The molecule has 25 nitrogen and oxygen atoms in total. The average Bonchev–Trinajstić information content (AvgIpc) is 1.75. The first kappa shape index (κ1) is 79.6. The minimum Gasteiger partial charge on any atom is -0.377 e. The van der Waals surface area contributed by atoms with E-state index in [4.69, 9.17) is 16.3 Å². The first-order valence-corrected chi connectivity index (χ1v) is 37.0. The zero-order chi connectivity index (χ0) is 73.9. The number of ether oxygens (including phenoxy) is 1. The van der Waals surface area contributed by atoms with E-state index in [-0.39, 0.29) is 82.7 Å². The van der Waals surface area contributed by atoms with E-state index >= 15 is 28.8 Å². The molecule has 12 amide bonds. The number of rotatable bonds is 10. The summed E-state index contributed by atoms with van der Waals surface area (Å²) in [5.41, 5.74) is -2.35. The van der Waals surface area contributed by atoms with Crippen molar-refractivity contribution in [3.8, 4) is 0 Å². The lowest BCUT2D eigenvalue weighted by atomic mass is 9.81. The molecule has 0 aromatic heterocycles. The molecule has 3 N–H and O–H groups in total.